The van der Waals surface area contributed by atoms with E-state index in [0.29, 0.717) is 12.1 Å². The van der Waals surface area contributed by atoms with Crippen molar-refractivity contribution in [1.82, 2.24) is 14.9 Å². The zero-order chi connectivity index (χ0) is 12.5. The second-order valence-electron chi connectivity index (χ2n) is 5.36. The molecule has 0 bridgehead atoms. The molecule has 4 nitrogen and oxygen atoms in total. The van der Waals surface area contributed by atoms with E-state index < -0.39 is 0 Å². The van der Waals surface area contributed by atoms with E-state index in [-0.39, 0.29) is 0 Å². The summed E-state index contributed by atoms with van der Waals surface area (Å²) in [5.74, 6) is 1.23. The molecule has 1 aromatic heterocycles. The van der Waals surface area contributed by atoms with Crippen LogP contribution in [0.25, 0.3) is 0 Å². The third-order valence-electron chi connectivity index (χ3n) is 4.22. The molecule has 1 N–H and O–H groups in total. The predicted octanol–water partition coefficient (Wildman–Crippen LogP) is 1.83. The topological polar surface area (TPSA) is 39.1 Å². The number of nitrogens with zero attached hydrogens (tertiary/aromatic N) is 2. The summed E-state index contributed by atoms with van der Waals surface area (Å²) in [7, 11) is 0. The Hall–Kier alpha value is -0.870. The van der Waals surface area contributed by atoms with Crippen LogP contribution < -0.4 is 5.32 Å². The number of hydrogen-bond acceptors (Lipinski definition) is 3. The molecular formula is C14H23N3O. The van der Waals surface area contributed by atoms with Gasteiger partial charge < -0.3 is 14.6 Å². The molecule has 2 unspecified atom stereocenters. The van der Waals surface area contributed by atoms with Gasteiger partial charge in [0.05, 0.1) is 17.8 Å². The number of hydrogen-bond donors (Lipinski definition) is 1. The fourth-order valence-corrected chi connectivity index (χ4v) is 3.27. The van der Waals surface area contributed by atoms with Gasteiger partial charge in [-0.05, 0) is 19.8 Å². The van der Waals surface area contributed by atoms with Gasteiger partial charge in [-0.3, -0.25) is 0 Å². The average Bonchev–Trinajstić information content (AvgIpc) is 3.04. The molecule has 2 aliphatic heterocycles. The summed E-state index contributed by atoms with van der Waals surface area (Å²) in [5, 5.41) is 3.41. The number of imidazole rings is 1. The van der Waals surface area contributed by atoms with Crippen LogP contribution in [0.4, 0.5) is 0 Å². The van der Waals surface area contributed by atoms with Gasteiger partial charge in [-0.2, -0.15) is 0 Å². The molecule has 1 aromatic rings. The SMILES string of the molecule is CCc1nc2c(n1C(C)C1CCCO1)CCNC2. The first-order valence-corrected chi connectivity index (χ1v) is 7.22. The zero-order valence-electron chi connectivity index (χ0n) is 11.4. The lowest BCUT2D eigenvalue weighted by molar-refractivity contribution is 0.0713. The van der Waals surface area contributed by atoms with Gasteiger partial charge in [0.2, 0.25) is 0 Å². The Labute approximate surface area is 109 Å². The van der Waals surface area contributed by atoms with Crippen molar-refractivity contribution in [3.05, 3.63) is 17.2 Å². The molecule has 0 radical (unpaired) electrons. The molecule has 0 aliphatic carbocycles. The highest BCUT2D eigenvalue weighted by Gasteiger charge is 2.29. The maximum absolute atomic E-state index is 5.86. The van der Waals surface area contributed by atoms with E-state index in [0.717, 1.165) is 32.5 Å². The number of rotatable bonds is 3. The number of ether oxygens (including phenoxy) is 1. The summed E-state index contributed by atoms with van der Waals surface area (Å²) in [4.78, 5) is 4.81. The first kappa shape index (κ1) is 12.2. The second kappa shape index (κ2) is 5.02. The van der Waals surface area contributed by atoms with Crippen LogP contribution in [0.15, 0.2) is 0 Å². The first-order chi connectivity index (χ1) is 8.81. The standard InChI is InChI=1S/C14H23N3O/c1-3-14-16-11-9-15-7-6-12(11)17(14)10(2)13-5-4-8-18-13/h10,13,15H,3-9H2,1-2H3. The van der Waals surface area contributed by atoms with Gasteiger partial charge in [0.25, 0.3) is 0 Å². The fourth-order valence-electron chi connectivity index (χ4n) is 3.27. The molecule has 100 valence electrons. The smallest absolute Gasteiger partial charge is 0.109 e. The van der Waals surface area contributed by atoms with E-state index in [2.05, 4.69) is 23.7 Å². The van der Waals surface area contributed by atoms with Crippen LogP contribution in [-0.4, -0.2) is 28.8 Å². The maximum atomic E-state index is 5.86. The molecule has 4 heteroatoms. The fraction of sp³-hybridized carbons (Fsp3) is 0.786. The molecular weight excluding hydrogens is 226 g/mol. The van der Waals surface area contributed by atoms with Gasteiger partial charge in [0, 0.05) is 38.2 Å². The maximum Gasteiger partial charge on any atom is 0.109 e. The Morgan fingerprint density at radius 3 is 3.17 bits per heavy atom. The average molecular weight is 249 g/mol. The van der Waals surface area contributed by atoms with Crippen molar-refractivity contribution >= 4 is 0 Å². The summed E-state index contributed by atoms with van der Waals surface area (Å²) in [6, 6.07) is 0.428. The summed E-state index contributed by atoms with van der Waals surface area (Å²) >= 11 is 0. The summed E-state index contributed by atoms with van der Waals surface area (Å²) < 4.78 is 8.33. The molecule has 1 saturated heterocycles. The molecule has 0 spiro atoms. The van der Waals surface area contributed by atoms with E-state index in [1.54, 1.807) is 0 Å². The minimum absolute atomic E-state index is 0.378. The number of aromatic nitrogens is 2. The highest BCUT2D eigenvalue weighted by atomic mass is 16.5. The van der Waals surface area contributed by atoms with Crippen molar-refractivity contribution in [1.29, 1.82) is 0 Å². The van der Waals surface area contributed by atoms with E-state index >= 15 is 0 Å². The van der Waals surface area contributed by atoms with Crippen molar-refractivity contribution in [3.8, 4) is 0 Å². The lowest BCUT2D eigenvalue weighted by Crippen LogP contribution is -2.28. The third-order valence-corrected chi connectivity index (χ3v) is 4.22. The lowest BCUT2D eigenvalue weighted by atomic mass is 10.1. The molecule has 0 aromatic carbocycles. The first-order valence-electron chi connectivity index (χ1n) is 7.22. The third kappa shape index (κ3) is 1.97. The highest BCUT2D eigenvalue weighted by molar-refractivity contribution is 5.21. The van der Waals surface area contributed by atoms with Gasteiger partial charge in [-0.15, -0.1) is 0 Å². The monoisotopic (exact) mass is 249 g/mol. The Balaban J connectivity index is 1.95. The molecule has 3 rings (SSSR count). The van der Waals surface area contributed by atoms with E-state index in [9.17, 15) is 0 Å². The Morgan fingerprint density at radius 2 is 2.44 bits per heavy atom. The highest BCUT2D eigenvalue weighted by Crippen LogP contribution is 2.29. The Kier molecular flexibility index (Phi) is 3.39. The predicted molar refractivity (Wildman–Crippen MR) is 70.7 cm³/mol. The van der Waals surface area contributed by atoms with Crippen LogP contribution in [0, 0.1) is 0 Å². The van der Waals surface area contributed by atoms with Gasteiger partial charge in [-0.25, -0.2) is 4.98 Å². The van der Waals surface area contributed by atoms with Crippen LogP contribution in [0.2, 0.25) is 0 Å². The molecule has 2 atom stereocenters. The Bertz CT molecular complexity index is 421. The zero-order valence-corrected chi connectivity index (χ0v) is 11.4. The second-order valence-corrected chi connectivity index (χ2v) is 5.36. The van der Waals surface area contributed by atoms with Crippen LogP contribution in [0.5, 0.6) is 0 Å². The summed E-state index contributed by atoms with van der Waals surface area (Å²) in [6.07, 6.45) is 4.87. The van der Waals surface area contributed by atoms with Gasteiger partial charge >= 0.3 is 0 Å². The van der Waals surface area contributed by atoms with Crippen molar-refractivity contribution in [2.75, 3.05) is 13.2 Å². The summed E-state index contributed by atoms with van der Waals surface area (Å²) in [5.41, 5.74) is 2.69. The number of fused-ring (bicyclic) bond motifs is 1. The molecule has 3 heterocycles. The van der Waals surface area contributed by atoms with Gasteiger partial charge in [-0.1, -0.05) is 6.92 Å². The quantitative estimate of drug-likeness (QED) is 0.888. The lowest BCUT2D eigenvalue weighted by Gasteiger charge is -2.25. The van der Waals surface area contributed by atoms with Crippen molar-refractivity contribution in [2.24, 2.45) is 0 Å². The number of nitrogens with one attached hydrogen (secondary N) is 1. The molecule has 2 aliphatic rings. The molecule has 1 fully saturated rings. The van der Waals surface area contributed by atoms with E-state index in [1.165, 1.54) is 30.1 Å². The normalized spacial score (nSPS) is 25.1. The van der Waals surface area contributed by atoms with Crippen LogP contribution in [0.3, 0.4) is 0 Å². The van der Waals surface area contributed by atoms with Crippen molar-refractivity contribution < 1.29 is 4.74 Å². The van der Waals surface area contributed by atoms with E-state index in [4.69, 9.17) is 9.72 Å². The Morgan fingerprint density at radius 1 is 1.56 bits per heavy atom. The van der Waals surface area contributed by atoms with Gasteiger partial charge in [0.1, 0.15) is 5.82 Å². The minimum atomic E-state index is 0.378. The van der Waals surface area contributed by atoms with E-state index in [1.807, 2.05) is 0 Å². The molecule has 18 heavy (non-hydrogen) atoms. The largest absolute Gasteiger partial charge is 0.376 e. The van der Waals surface area contributed by atoms with Crippen LogP contribution in [0.1, 0.15) is 49.9 Å². The van der Waals surface area contributed by atoms with Crippen molar-refractivity contribution in [3.63, 3.8) is 0 Å². The van der Waals surface area contributed by atoms with Crippen LogP contribution >= 0.6 is 0 Å². The van der Waals surface area contributed by atoms with Crippen LogP contribution in [-0.2, 0) is 24.1 Å². The van der Waals surface area contributed by atoms with Gasteiger partial charge in [0.15, 0.2) is 0 Å². The molecule has 0 amide bonds. The minimum Gasteiger partial charge on any atom is -0.376 e. The summed E-state index contributed by atoms with van der Waals surface area (Å²) in [6.45, 7) is 7.40. The number of aryl methyl sites for hydroxylation is 1. The van der Waals surface area contributed by atoms with Crippen molar-refractivity contribution in [2.45, 2.75) is 58.2 Å². The molecule has 0 saturated carbocycles.